The highest BCUT2D eigenvalue weighted by Crippen LogP contribution is 2.13. The Bertz CT molecular complexity index is 587. The maximum Gasteiger partial charge on any atom is 0.354 e. The molecular weight excluding hydrogens is 220 g/mol. The minimum absolute atomic E-state index is 0.0608. The lowest BCUT2D eigenvalue weighted by atomic mass is 10.1. The lowest BCUT2D eigenvalue weighted by Crippen LogP contribution is -2.08. The van der Waals surface area contributed by atoms with Crippen LogP contribution in [0.2, 0.25) is 0 Å². The topological polar surface area (TPSA) is 72.2 Å². The average Bonchev–Trinajstić information content (AvgIpc) is 2.78. The summed E-state index contributed by atoms with van der Waals surface area (Å²) in [5.41, 5.74) is 1.14. The van der Waals surface area contributed by atoms with E-state index < -0.39 is 5.97 Å². The van der Waals surface area contributed by atoms with Gasteiger partial charge in [0.25, 0.3) is 0 Å². The number of aromatic carboxylic acids is 1. The fourth-order valence-corrected chi connectivity index (χ4v) is 1.53. The summed E-state index contributed by atoms with van der Waals surface area (Å²) < 4.78 is 1.29. The van der Waals surface area contributed by atoms with Gasteiger partial charge in [-0.25, -0.2) is 9.48 Å². The number of benzene rings is 1. The van der Waals surface area contributed by atoms with Gasteiger partial charge in [0.05, 0.1) is 11.9 Å². The number of carboxylic acid groups (broad SMARTS) is 1. The molecule has 1 aromatic heterocycles. The molecule has 0 fully saturated rings. The van der Waals surface area contributed by atoms with Crippen LogP contribution in [0.1, 0.15) is 27.8 Å². The van der Waals surface area contributed by atoms with Crippen LogP contribution in [0.15, 0.2) is 36.5 Å². The number of hydrogen-bond acceptors (Lipinski definition) is 3. The Labute approximate surface area is 97.3 Å². The summed E-state index contributed by atoms with van der Waals surface area (Å²) in [5, 5.41) is 12.9. The van der Waals surface area contributed by atoms with E-state index in [1.54, 1.807) is 24.3 Å². The zero-order chi connectivity index (χ0) is 12.4. The number of carbonyl (C=O) groups excluding carboxylic acids is 1. The highest BCUT2D eigenvalue weighted by Gasteiger charge is 2.12. The van der Waals surface area contributed by atoms with Crippen LogP contribution >= 0.6 is 0 Å². The lowest BCUT2D eigenvalue weighted by Gasteiger charge is -2.05. The van der Waals surface area contributed by atoms with Crippen molar-refractivity contribution in [2.45, 2.75) is 6.92 Å². The quantitative estimate of drug-likeness (QED) is 0.815. The van der Waals surface area contributed by atoms with Crippen molar-refractivity contribution in [3.8, 4) is 5.69 Å². The molecule has 0 bridgehead atoms. The SMILES string of the molecule is CC(=O)c1cccc(-n2nccc2C(=O)O)c1. The summed E-state index contributed by atoms with van der Waals surface area (Å²) in [5.74, 6) is -1.13. The Morgan fingerprint density at radius 1 is 1.29 bits per heavy atom. The largest absolute Gasteiger partial charge is 0.477 e. The van der Waals surface area contributed by atoms with Crippen LogP contribution in [0.5, 0.6) is 0 Å². The Morgan fingerprint density at radius 2 is 2.06 bits per heavy atom. The first-order valence-corrected chi connectivity index (χ1v) is 4.98. The van der Waals surface area contributed by atoms with E-state index in [1.807, 2.05) is 0 Å². The van der Waals surface area contributed by atoms with Gasteiger partial charge >= 0.3 is 5.97 Å². The fraction of sp³-hybridized carbons (Fsp3) is 0.0833. The Morgan fingerprint density at radius 3 is 2.71 bits per heavy atom. The first kappa shape index (κ1) is 11.1. The first-order valence-electron chi connectivity index (χ1n) is 4.98. The zero-order valence-electron chi connectivity index (χ0n) is 9.12. The molecule has 5 nitrogen and oxygen atoms in total. The van der Waals surface area contributed by atoms with Gasteiger partial charge in [-0.1, -0.05) is 12.1 Å². The zero-order valence-corrected chi connectivity index (χ0v) is 9.12. The van der Waals surface area contributed by atoms with Gasteiger partial charge in [-0.15, -0.1) is 0 Å². The van der Waals surface area contributed by atoms with E-state index in [4.69, 9.17) is 5.11 Å². The van der Waals surface area contributed by atoms with Gasteiger partial charge in [-0.3, -0.25) is 4.79 Å². The molecule has 0 amide bonds. The fourth-order valence-electron chi connectivity index (χ4n) is 1.53. The van der Waals surface area contributed by atoms with Crippen molar-refractivity contribution in [2.24, 2.45) is 0 Å². The first-order chi connectivity index (χ1) is 8.09. The molecule has 1 N–H and O–H groups in total. The number of rotatable bonds is 3. The molecule has 0 radical (unpaired) electrons. The van der Waals surface area contributed by atoms with E-state index in [0.29, 0.717) is 11.3 Å². The monoisotopic (exact) mass is 230 g/mol. The van der Waals surface area contributed by atoms with E-state index in [1.165, 1.54) is 23.9 Å². The number of aromatic nitrogens is 2. The minimum atomic E-state index is -1.06. The van der Waals surface area contributed by atoms with Gasteiger partial charge in [0.15, 0.2) is 11.5 Å². The van der Waals surface area contributed by atoms with E-state index in [-0.39, 0.29) is 11.5 Å². The summed E-state index contributed by atoms with van der Waals surface area (Å²) in [6, 6.07) is 8.09. The van der Waals surface area contributed by atoms with Crippen LogP contribution in [0.3, 0.4) is 0 Å². The molecule has 5 heteroatoms. The Kier molecular flexibility index (Phi) is 2.74. The lowest BCUT2D eigenvalue weighted by molar-refractivity contribution is 0.0687. The van der Waals surface area contributed by atoms with E-state index in [0.717, 1.165) is 0 Å². The predicted octanol–water partition coefficient (Wildman–Crippen LogP) is 1.77. The molecule has 1 heterocycles. The number of Topliss-reactive ketones (excluding diaryl/α,β-unsaturated/α-hetero) is 1. The summed E-state index contributed by atoms with van der Waals surface area (Å²) >= 11 is 0. The molecule has 86 valence electrons. The number of carbonyl (C=O) groups is 2. The van der Waals surface area contributed by atoms with Gasteiger partial charge in [0.2, 0.25) is 0 Å². The molecule has 2 rings (SSSR count). The number of hydrogen-bond donors (Lipinski definition) is 1. The maximum atomic E-state index is 11.2. The van der Waals surface area contributed by atoms with Crippen molar-refractivity contribution < 1.29 is 14.7 Å². The van der Waals surface area contributed by atoms with E-state index >= 15 is 0 Å². The van der Waals surface area contributed by atoms with Gasteiger partial charge in [0.1, 0.15) is 0 Å². The second-order valence-electron chi connectivity index (χ2n) is 3.54. The van der Waals surface area contributed by atoms with Crippen molar-refractivity contribution in [2.75, 3.05) is 0 Å². The Balaban J connectivity index is 2.53. The van der Waals surface area contributed by atoms with Gasteiger partial charge in [0, 0.05) is 5.56 Å². The molecule has 0 unspecified atom stereocenters. The van der Waals surface area contributed by atoms with E-state index in [2.05, 4.69) is 5.10 Å². The molecule has 0 saturated heterocycles. The smallest absolute Gasteiger partial charge is 0.354 e. The highest BCUT2D eigenvalue weighted by molar-refractivity contribution is 5.94. The van der Waals surface area contributed by atoms with Crippen LogP contribution in [0, 0.1) is 0 Å². The summed E-state index contributed by atoms with van der Waals surface area (Å²) in [4.78, 5) is 22.2. The number of nitrogens with zero attached hydrogens (tertiary/aromatic N) is 2. The van der Waals surface area contributed by atoms with Crippen LogP contribution in [-0.4, -0.2) is 26.6 Å². The second-order valence-corrected chi connectivity index (χ2v) is 3.54. The molecule has 0 spiro atoms. The van der Waals surface area contributed by atoms with Crippen LogP contribution in [0.25, 0.3) is 5.69 Å². The van der Waals surface area contributed by atoms with Crippen LogP contribution < -0.4 is 0 Å². The minimum Gasteiger partial charge on any atom is -0.477 e. The molecular formula is C12H10N2O3. The molecule has 0 aliphatic rings. The van der Waals surface area contributed by atoms with Crippen molar-refractivity contribution in [1.82, 2.24) is 9.78 Å². The average molecular weight is 230 g/mol. The highest BCUT2D eigenvalue weighted by atomic mass is 16.4. The second kappa shape index (κ2) is 4.21. The normalized spacial score (nSPS) is 10.2. The third kappa shape index (κ3) is 2.08. The van der Waals surface area contributed by atoms with Crippen LogP contribution in [0.4, 0.5) is 0 Å². The van der Waals surface area contributed by atoms with Crippen molar-refractivity contribution >= 4 is 11.8 Å². The van der Waals surface area contributed by atoms with Gasteiger partial charge in [-0.2, -0.15) is 5.10 Å². The third-order valence-electron chi connectivity index (χ3n) is 2.36. The van der Waals surface area contributed by atoms with Crippen molar-refractivity contribution in [3.05, 3.63) is 47.8 Å². The molecule has 0 saturated carbocycles. The Hall–Kier alpha value is -2.43. The predicted molar refractivity (Wildman–Crippen MR) is 60.5 cm³/mol. The third-order valence-corrected chi connectivity index (χ3v) is 2.36. The van der Waals surface area contributed by atoms with Crippen LogP contribution in [-0.2, 0) is 0 Å². The standard InChI is InChI=1S/C12H10N2O3/c1-8(15)9-3-2-4-10(7-9)14-11(12(16)17)5-6-13-14/h2-7H,1H3,(H,16,17). The van der Waals surface area contributed by atoms with Gasteiger partial charge in [-0.05, 0) is 25.1 Å². The molecule has 0 atom stereocenters. The maximum absolute atomic E-state index is 11.2. The van der Waals surface area contributed by atoms with Crippen molar-refractivity contribution in [3.63, 3.8) is 0 Å². The van der Waals surface area contributed by atoms with Crippen molar-refractivity contribution in [1.29, 1.82) is 0 Å². The number of ketones is 1. The molecule has 0 aliphatic carbocycles. The number of carboxylic acids is 1. The van der Waals surface area contributed by atoms with E-state index in [9.17, 15) is 9.59 Å². The molecule has 1 aromatic carbocycles. The summed E-state index contributed by atoms with van der Waals surface area (Å²) in [7, 11) is 0. The molecule has 0 aliphatic heterocycles. The molecule has 17 heavy (non-hydrogen) atoms. The molecule has 2 aromatic rings. The summed E-state index contributed by atoms with van der Waals surface area (Å²) in [6.07, 6.45) is 1.41. The summed E-state index contributed by atoms with van der Waals surface area (Å²) in [6.45, 7) is 1.46. The van der Waals surface area contributed by atoms with Gasteiger partial charge < -0.3 is 5.11 Å².